The minimum absolute atomic E-state index is 0.0516. The van der Waals surface area contributed by atoms with E-state index in [1.54, 1.807) is 18.2 Å². The molecule has 1 unspecified atom stereocenters. The summed E-state index contributed by atoms with van der Waals surface area (Å²) in [6, 6.07) is 6.43. The van der Waals surface area contributed by atoms with E-state index in [0.717, 1.165) is 38.8 Å². The van der Waals surface area contributed by atoms with Gasteiger partial charge in [0.1, 0.15) is 5.82 Å². The predicted molar refractivity (Wildman–Crippen MR) is 105 cm³/mol. The summed E-state index contributed by atoms with van der Waals surface area (Å²) < 4.78 is 13.6. The Morgan fingerprint density at radius 3 is 2.78 bits per heavy atom. The third kappa shape index (κ3) is 7.67. The number of unbranched alkanes of at least 4 members (excludes halogenated alkanes) is 3. The van der Waals surface area contributed by atoms with Crippen LogP contribution in [0.4, 0.5) is 4.39 Å². The van der Waals surface area contributed by atoms with Crippen LogP contribution in [-0.2, 0) is 16.1 Å². The highest BCUT2D eigenvalue weighted by Crippen LogP contribution is 2.16. The molecule has 2 rings (SSSR count). The monoisotopic (exact) mass is 377 g/mol. The second kappa shape index (κ2) is 11.7. The highest BCUT2D eigenvalue weighted by atomic mass is 19.1. The summed E-state index contributed by atoms with van der Waals surface area (Å²) in [5, 5.41) is 5.79. The first kappa shape index (κ1) is 21.4. The maximum Gasteiger partial charge on any atom is 0.234 e. The third-order valence-electron chi connectivity index (χ3n) is 5.01. The van der Waals surface area contributed by atoms with Crippen LogP contribution in [0.2, 0.25) is 0 Å². The van der Waals surface area contributed by atoms with Crippen LogP contribution >= 0.6 is 0 Å². The standard InChI is InChI=1S/C21H32FN3O2/c1-2-3-4-7-12-23-21(27)18-10-8-13-25(15-18)16-20(26)24-14-17-9-5-6-11-19(17)22/h5-6,9,11,18H,2-4,7-8,10,12-16H2,1H3,(H,23,27)(H,24,26). The summed E-state index contributed by atoms with van der Waals surface area (Å²) in [4.78, 5) is 26.5. The highest BCUT2D eigenvalue weighted by Gasteiger charge is 2.26. The van der Waals surface area contributed by atoms with Crippen molar-refractivity contribution in [3.8, 4) is 0 Å². The Labute approximate surface area is 161 Å². The van der Waals surface area contributed by atoms with Gasteiger partial charge in [0, 0.05) is 25.2 Å². The molecule has 1 heterocycles. The normalized spacial score (nSPS) is 17.5. The number of halogens is 1. The van der Waals surface area contributed by atoms with Gasteiger partial charge in [-0.3, -0.25) is 14.5 Å². The lowest BCUT2D eigenvalue weighted by Crippen LogP contribution is -2.46. The number of hydrogen-bond donors (Lipinski definition) is 2. The molecule has 0 aromatic heterocycles. The molecule has 0 aliphatic carbocycles. The summed E-state index contributed by atoms with van der Waals surface area (Å²) in [5.74, 6) is -0.405. The number of carbonyl (C=O) groups is 2. The molecule has 0 radical (unpaired) electrons. The zero-order valence-corrected chi connectivity index (χ0v) is 16.3. The lowest BCUT2D eigenvalue weighted by Gasteiger charge is -2.31. The molecule has 1 aromatic carbocycles. The zero-order chi connectivity index (χ0) is 19.5. The van der Waals surface area contributed by atoms with Gasteiger partial charge in [0.15, 0.2) is 0 Å². The van der Waals surface area contributed by atoms with Crippen molar-refractivity contribution in [2.75, 3.05) is 26.2 Å². The van der Waals surface area contributed by atoms with Crippen LogP contribution in [0.5, 0.6) is 0 Å². The van der Waals surface area contributed by atoms with Crippen molar-refractivity contribution in [1.29, 1.82) is 0 Å². The Bertz CT molecular complexity index is 609. The van der Waals surface area contributed by atoms with E-state index in [0.29, 0.717) is 12.1 Å². The van der Waals surface area contributed by atoms with E-state index >= 15 is 0 Å². The van der Waals surface area contributed by atoms with Gasteiger partial charge in [-0.15, -0.1) is 0 Å². The van der Waals surface area contributed by atoms with E-state index in [4.69, 9.17) is 0 Å². The molecule has 1 aromatic rings. The number of carbonyl (C=O) groups excluding carboxylic acids is 2. The van der Waals surface area contributed by atoms with Crippen molar-refractivity contribution in [2.45, 2.75) is 52.0 Å². The first-order valence-electron chi connectivity index (χ1n) is 10.1. The Kier molecular flexibility index (Phi) is 9.25. The Hall–Kier alpha value is -1.95. The summed E-state index contributed by atoms with van der Waals surface area (Å²) in [5.41, 5.74) is 0.477. The van der Waals surface area contributed by atoms with Crippen LogP contribution < -0.4 is 10.6 Å². The summed E-state index contributed by atoms with van der Waals surface area (Å²) >= 11 is 0. The van der Waals surface area contributed by atoms with Crippen molar-refractivity contribution < 1.29 is 14.0 Å². The molecule has 1 fully saturated rings. The van der Waals surface area contributed by atoms with Crippen molar-refractivity contribution in [1.82, 2.24) is 15.5 Å². The molecule has 1 atom stereocenters. The smallest absolute Gasteiger partial charge is 0.234 e. The minimum atomic E-state index is -0.313. The van der Waals surface area contributed by atoms with E-state index in [2.05, 4.69) is 17.6 Å². The fourth-order valence-corrected chi connectivity index (χ4v) is 3.42. The van der Waals surface area contributed by atoms with Gasteiger partial charge in [0.25, 0.3) is 0 Å². The fraction of sp³-hybridized carbons (Fsp3) is 0.619. The molecule has 1 saturated heterocycles. The summed E-state index contributed by atoms with van der Waals surface area (Å²) in [7, 11) is 0. The topological polar surface area (TPSA) is 61.4 Å². The van der Waals surface area contributed by atoms with Gasteiger partial charge in [-0.25, -0.2) is 4.39 Å². The second-order valence-electron chi connectivity index (χ2n) is 7.29. The Morgan fingerprint density at radius 2 is 2.00 bits per heavy atom. The molecule has 27 heavy (non-hydrogen) atoms. The summed E-state index contributed by atoms with van der Waals surface area (Å²) in [6.45, 7) is 4.75. The molecular formula is C21H32FN3O2. The number of hydrogen-bond acceptors (Lipinski definition) is 3. The van der Waals surface area contributed by atoms with Crippen LogP contribution in [0.15, 0.2) is 24.3 Å². The van der Waals surface area contributed by atoms with Crippen LogP contribution in [0, 0.1) is 11.7 Å². The van der Waals surface area contributed by atoms with Gasteiger partial charge < -0.3 is 10.6 Å². The van der Waals surface area contributed by atoms with Crippen molar-refractivity contribution >= 4 is 11.8 Å². The largest absolute Gasteiger partial charge is 0.356 e. The maximum absolute atomic E-state index is 13.6. The number of benzene rings is 1. The van der Waals surface area contributed by atoms with Crippen molar-refractivity contribution in [3.63, 3.8) is 0 Å². The van der Waals surface area contributed by atoms with E-state index in [1.807, 2.05) is 4.90 Å². The molecule has 0 spiro atoms. The van der Waals surface area contributed by atoms with Gasteiger partial charge in [0.2, 0.25) is 11.8 Å². The average molecular weight is 378 g/mol. The molecule has 2 amide bonds. The highest BCUT2D eigenvalue weighted by molar-refractivity contribution is 5.80. The first-order chi connectivity index (χ1) is 13.1. The number of nitrogens with one attached hydrogen (secondary N) is 2. The van der Waals surface area contributed by atoms with Gasteiger partial charge in [0.05, 0.1) is 12.5 Å². The number of piperidine rings is 1. The van der Waals surface area contributed by atoms with Crippen LogP contribution in [0.1, 0.15) is 51.0 Å². The lowest BCUT2D eigenvalue weighted by atomic mass is 9.97. The maximum atomic E-state index is 13.6. The van der Waals surface area contributed by atoms with Gasteiger partial charge >= 0.3 is 0 Å². The molecule has 5 nitrogen and oxygen atoms in total. The van der Waals surface area contributed by atoms with Gasteiger partial charge in [-0.1, -0.05) is 44.4 Å². The van der Waals surface area contributed by atoms with E-state index < -0.39 is 0 Å². The van der Waals surface area contributed by atoms with Crippen molar-refractivity contribution in [2.24, 2.45) is 5.92 Å². The van der Waals surface area contributed by atoms with Crippen LogP contribution in [0.3, 0.4) is 0 Å². The number of nitrogens with zero attached hydrogens (tertiary/aromatic N) is 1. The molecule has 150 valence electrons. The van der Waals surface area contributed by atoms with Gasteiger partial charge in [-0.2, -0.15) is 0 Å². The molecule has 1 aliphatic rings. The van der Waals surface area contributed by atoms with Crippen molar-refractivity contribution in [3.05, 3.63) is 35.6 Å². The molecule has 2 N–H and O–H groups in total. The molecular weight excluding hydrogens is 345 g/mol. The quantitative estimate of drug-likeness (QED) is 0.617. The Morgan fingerprint density at radius 1 is 1.19 bits per heavy atom. The predicted octanol–water partition coefficient (Wildman–Crippen LogP) is 2.85. The number of likely N-dealkylation sites (tertiary alicyclic amines) is 1. The number of amides is 2. The molecule has 6 heteroatoms. The summed E-state index contributed by atoms with van der Waals surface area (Å²) in [6.07, 6.45) is 6.34. The first-order valence-corrected chi connectivity index (χ1v) is 10.1. The molecule has 0 bridgehead atoms. The minimum Gasteiger partial charge on any atom is -0.356 e. The van der Waals surface area contributed by atoms with Gasteiger partial charge in [-0.05, 0) is 31.9 Å². The average Bonchev–Trinajstić information content (AvgIpc) is 2.67. The third-order valence-corrected chi connectivity index (χ3v) is 5.01. The molecule has 0 saturated carbocycles. The fourth-order valence-electron chi connectivity index (χ4n) is 3.42. The Balaban J connectivity index is 1.69. The van der Waals surface area contributed by atoms with E-state index in [1.165, 1.54) is 18.9 Å². The lowest BCUT2D eigenvalue weighted by molar-refractivity contribution is -0.129. The molecule has 1 aliphatic heterocycles. The zero-order valence-electron chi connectivity index (χ0n) is 16.3. The SMILES string of the molecule is CCCCCCNC(=O)C1CCCN(CC(=O)NCc2ccccc2F)C1. The van der Waals surface area contributed by atoms with E-state index in [-0.39, 0.29) is 36.6 Å². The second-order valence-corrected chi connectivity index (χ2v) is 7.29. The van der Waals surface area contributed by atoms with Crippen LogP contribution in [0.25, 0.3) is 0 Å². The number of rotatable bonds is 10. The van der Waals surface area contributed by atoms with E-state index in [9.17, 15) is 14.0 Å². The van der Waals surface area contributed by atoms with Crippen LogP contribution in [-0.4, -0.2) is 42.9 Å².